The van der Waals surface area contributed by atoms with Gasteiger partial charge in [0.1, 0.15) is 5.54 Å². The van der Waals surface area contributed by atoms with Crippen LogP contribution in [0.5, 0.6) is 0 Å². The van der Waals surface area contributed by atoms with Crippen molar-refractivity contribution in [3.05, 3.63) is 0 Å². The van der Waals surface area contributed by atoms with Crippen LogP contribution in [0, 0.1) is 11.8 Å². The zero-order valence-electron chi connectivity index (χ0n) is 11.5. The standard InChI is InChI=1S/C11H20N2O5S/c1-7-5-13(6-8(7)9(14)15)10(16)11(2,3)12-19(4,17)18/h7-8,12H,5-6H2,1-4H3,(H,14,15)/t7-,8-/m1/s1. The summed E-state index contributed by atoms with van der Waals surface area (Å²) in [7, 11) is -3.51. The van der Waals surface area contributed by atoms with Crippen LogP contribution in [0.1, 0.15) is 20.8 Å². The van der Waals surface area contributed by atoms with Crippen molar-refractivity contribution < 1.29 is 23.1 Å². The number of hydrogen-bond donors (Lipinski definition) is 2. The molecule has 0 unspecified atom stereocenters. The molecule has 1 saturated heterocycles. The van der Waals surface area contributed by atoms with E-state index in [4.69, 9.17) is 5.11 Å². The van der Waals surface area contributed by atoms with Crippen LogP contribution in [0.2, 0.25) is 0 Å². The van der Waals surface area contributed by atoms with E-state index in [2.05, 4.69) is 4.72 Å². The van der Waals surface area contributed by atoms with E-state index in [-0.39, 0.29) is 12.5 Å². The predicted molar refractivity (Wildman–Crippen MR) is 68.9 cm³/mol. The largest absolute Gasteiger partial charge is 0.481 e. The molecule has 0 spiro atoms. The lowest BCUT2D eigenvalue weighted by atomic mass is 9.99. The van der Waals surface area contributed by atoms with Gasteiger partial charge in [-0.2, -0.15) is 0 Å². The molecule has 0 saturated carbocycles. The lowest BCUT2D eigenvalue weighted by molar-refractivity contribution is -0.142. The lowest BCUT2D eigenvalue weighted by Crippen LogP contribution is -2.55. The molecule has 7 nitrogen and oxygen atoms in total. The van der Waals surface area contributed by atoms with Crippen LogP contribution < -0.4 is 4.72 Å². The van der Waals surface area contributed by atoms with Crippen molar-refractivity contribution in [1.82, 2.24) is 9.62 Å². The fourth-order valence-corrected chi connectivity index (χ4v) is 3.37. The third kappa shape index (κ3) is 3.90. The van der Waals surface area contributed by atoms with Crippen molar-refractivity contribution >= 4 is 21.9 Å². The molecule has 1 rings (SSSR count). The van der Waals surface area contributed by atoms with Gasteiger partial charge in [0.15, 0.2) is 0 Å². The van der Waals surface area contributed by atoms with Gasteiger partial charge in [0, 0.05) is 13.1 Å². The first-order valence-corrected chi connectivity index (χ1v) is 7.84. The molecule has 0 radical (unpaired) electrons. The minimum atomic E-state index is -3.51. The number of nitrogens with one attached hydrogen (secondary N) is 1. The summed E-state index contributed by atoms with van der Waals surface area (Å²) in [6, 6.07) is 0. The predicted octanol–water partition coefficient (Wildman–Crippen LogP) is -0.507. The van der Waals surface area contributed by atoms with Crippen LogP contribution in [0.15, 0.2) is 0 Å². The Bertz CT molecular complexity index is 485. The van der Waals surface area contributed by atoms with Crippen molar-refractivity contribution in [1.29, 1.82) is 0 Å². The number of rotatable bonds is 4. The van der Waals surface area contributed by atoms with E-state index >= 15 is 0 Å². The zero-order chi connectivity index (χ0) is 15.0. The van der Waals surface area contributed by atoms with Gasteiger partial charge in [0.25, 0.3) is 0 Å². The molecule has 1 heterocycles. The fraction of sp³-hybridized carbons (Fsp3) is 0.818. The molecule has 1 aliphatic rings. The quantitative estimate of drug-likeness (QED) is 0.726. The van der Waals surface area contributed by atoms with E-state index in [1.165, 1.54) is 18.7 Å². The van der Waals surface area contributed by atoms with Gasteiger partial charge in [-0.25, -0.2) is 13.1 Å². The Morgan fingerprint density at radius 2 is 1.84 bits per heavy atom. The number of aliphatic carboxylic acids is 1. The maximum Gasteiger partial charge on any atom is 0.308 e. The van der Waals surface area contributed by atoms with E-state index in [1.807, 2.05) is 0 Å². The molecular formula is C11H20N2O5S. The molecular weight excluding hydrogens is 272 g/mol. The van der Waals surface area contributed by atoms with E-state index in [1.54, 1.807) is 6.92 Å². The first kappa shape index (κ1) is 15.9. The van der Waals surface area contributed by atoms with Crippen molar-refractivity contribution in [3.8, 4) is 0 Å². The maximum absolute atomic E-state index is 12.3. The zero-order valence-corrected chi connectivity index (χ0v) is 12.3. The topological polar surface area (TPSA) is 104 Å². The second-order valence-electron chi connectivity index (χ2n) is 5.63. The number of sulfonamides is 1. The molecule has 110 valence electrons. The second-order valence-corrected chi connectivity index (χ2v) is 7.38. The number of likely N-dealkylation sites (tertiary alicyclic amines) is 1. The molecule has 0 aromatic carbocycles. The Hall–Kier alpha value is -1.15. The SMILES string of the molecule is C[C@@H]1CN(C(=O)C(C)(C)NS(C)(=O)=O)C[C@H]1C(=O)O. The van der Waals surface area contributed by atoms with Gasteiger partial charge in [-0.15, -0.1) is 0 Å². The van der Waals surface area contributed by atoms with Crippen molar-refractivity contribution in [2.24, 2.45) is 11.8 Å². The van der Waals surface area contributed by atoms with Crippen molar-refractivity contribution in [2.45, 2.75) is 26.3 Å². The van der Waals surface area contributed by atoms with Gasteiger partial charge in [-0.05, 0) is 19.8 Å². The molecule has 19 heavy (non-hydrogen) atoms. The summed E-state index contributed by atoms with van der Waals surface area (Å²) in [5.41, 5.74) is -1.28. The highest BCUT2D eigenvalue weighted by Crippen LogP contribution is 2.25. The fourth-order valence-electron chi connectivity index (χ4n) is 2.36. The van der Waals surface area contributed by atoms with Gasteiger partial charge >= 0.3 is 5.97 Å². The first-order chi connectivity index (χ1) is 8.44. The van der Waals surface area contributed by atoms with Crippen LogP contribution in [-0.4, -0.2) is 55.2 Å². The minimum absolute atomic E-state index is 0.115. The van der Waals surface area contributed by atoms with Crippen LogP contribution in [-0.2, 0) is 19.6 Å². The molecule has 0 aromatic rings. The van der Waals surface area contributed by atoms with Crippen LogP contribution in [0.4, 0.5) is 0 Å². The molecule has 1 aliphatic heterocycles. The van der Waals surface area contributed by atoms with Crippen LogP contribution in [0.25, 0.3) is 0 Å². The molecule has 2 N–H and O–H groups in total. The average molecular weight is 292 g/mol. The van der Waals surface area contributed by atoms with Crippen molar-refractivity contribution in [2.75, 3.05) is 19.3 Å². The van der Waals surface area contributed by atoms with E-state index < -0.39 is 33.4 Å². The molecule has 0 aliphatic carbocycles. The van der Waals surface area contributed by atoms with E-state index in [9.17, 15) is 18.0 Å². The molecule has 0 aromatic heterocycles. The molecule has 2 atom stereocenters. The van der Waals surface area contributed by atoms with Crippen LogP contribution >= 0.6 is 0 Å². The number of carboxylic acid groups (broad SMARTS) is 1. The minimum Gasteiger partial charge on any atom is -0.481 e. The Balaban J connectivity index is 2.82. The van der Waals surface area contributed by atoms with Gasteiger partial charge in [-0.3, -0.25) is 9.59 Å². The number of carboxylic acids is 1. The lowest BCUT2D eigenvalue weighted by Gasteiger charge is -2.29. The summed E-state index contributed by atoms with van der Waals surface area (Å²) < 4.78 is 24.7. The molecule has 8 heteroatoms. The Labute approximate surface area is 113 Å². The Morgan fingerprint density at radius 1 is 1.32 bits per heavy atom. The third-order valence-corrected chi connectivity index (χ3v) is 4.07. The summed E-state index contributed by atoms with van der Waals surface area (Å²) in [5, 5.41) is 9.02. The van der Waals surface area contributed by atoms with Crippen LogP contribution in [0.3, 0.4) is 0 Å². The molecule has 1 amide bonds. The van der Waals surface area contributed by atoms with Gasteiger partial charge in [0.05, 0.1) is 12.2 Å². The third-order valence-electron chi connectivity index (χ3n) is 3.19. The number of nitrogens with zero attached hydrogens (tertiary/aromatic N) is 1. The Kier molecular flexibility index (Phi) is 4.26. The normalized spacial score (nSPS) is 24.5. The highest BCUT2D eigenvalue weighted by molar-refractivity contribution is 7.88. The average Bonchev–Trinajstić information content (AvgIpc) is 2.55. The highest BCUT2D eigenvalue weighted by atomic mass is 32.2. The van der Waals surface area contributed by atoms with E-state index in [0.29, 0.717) is 6.54 Å². The van der Waals surface area contributed by atoms with Gasteiger partial charge < -0.3 is 10.0 Å². The highest BCUT2D eigenvalue weighted by Gasteiger charge is 2.42. The number of carbonyl (C=O) groups is 2. The first-order valence-electron chi connectivity index (χ1n) is 5.95. The maximum atomic E-state index is 12.3. The summed E-state index contributed by atoms with van der Waals surface area (Å²) in [4.78, 5) is 24.7. The van der Waals surface area contributed by atoms with Crippen molar-refractivity contribution in [3.63, 3.8) is 0 Å². The summed E-state index contributed by atoms with van der Waals surface area (Å²) in [6.07, 6.45) is 0.981. The summed E-state index contributed by atoms with van der Waals surface area (Å²) in [6.45, 7) is 5.14. The number of hydrogen-bond acceptors (Lipinski definition) is 4. The van der Waals surface area contributed by atoms with E-state index in [0.717, 1.165) is 6.26 Å². The summed E-state index contributed by atoms with van der Waals surface area (Å²) in [5.74, 6) is -2.08. The van der Waals surface area contributed by atoms with Gasteiger partial charge in [0.2, 0.25) is 15.9 Å². The second kappa shape index (κ2) is 5.09. The smallest absolute Gasteiger partial charge is 0.308 e. The monoisotopic (exact) mass is 292 g/mol. The number of amides is 1. The summed E-state index contributed by atoms with van der Waals surface area (Å²) >= 11 is 0. The number of carbonyl (C=O) groups excluding carboxylic acids is 1. The molecule has 0 bridgehead atoms. The Morgan fingerprint density at radius 3 is 2.21 bits per heavy atom. The van der Waals surface area contributed by atoms with Gasteiger partial charge in [-0.1, -0.05) is 6.92 Å². The molecule has 1 fully saturated rings.